The second kappa shape index (κ2) is 5.60. The molecule has 0 saturated heterocycles. The van der Waals surface area contributed by atoms with Crippen LogP contribution in [0.3, 0.4) is 0 Å². The maximum atomic E-state index is 13.0. The number of carbonyl (C=O) groups is 1. The van der Waals surface area contributed by atoms with Crippen molar-refractivity contribution in [2.75, 3.05) is 6.54 Å². The number of hydrogen-bond acceptors (Lipinski definition) is 3. The summed E-state index contributed by atoms with van der Waals surface area (Å²) in [5, 5.41) is 0.566. The van der Waals surface area contributed by atoms with Crippen LogP contribution in [0.5, 0.6) is 0 Å². The summed E-state index contributed by atoms with van der Waals surface area (Å²) in [4.78, 5) is 26.8. The van der Waals surface area contributed by atoms with E-state index in [9.17, 15) is 4.79 Å². The lowest BCUT2D eigenvalue weighted by Crippen LogP contribution is -2.39. The number of hydrogen-bond donors (Lipinski definition) is 1. The van der Waals surface area contributed by atoms with E-state index in [1.165, 1.54) is 0 Å². The van der Waals surface area contributed by atoms with Gasteiger partial charge in [-0.15, -0.1) is 0 Å². The summed E-state index contributed by atoms with van der Waals surface area (Å²) < 4.78 is 0. The first-order chi connectivity index (χ1) is 11.5. The Morgan fingerprint density at radius 2 is 2.25 bits per heavy atom. The number of H-pyrrole nitrogens is 1. The van der Waals surface area contributed by atoms with Crippen molar-refractivity contribution in [1.29, 1.82) is 0 Å². The van der Waals surface area contributed by atoms with Crippen LogP contribution in [0.25, 0.3) is 11.0 Å². The summed E-state index contributed by atoms with van der Waals surface area (Å²) in [6.07, 6.45) is 2.64. The van der Waals surface area contributed by atoms with Crippen molar-refractivity contribution < 1.29 is 4.79 Å². The zero-order chi connectivity index (χ0) is 16.8. The third-order valence-corrected chi connectivity index (χ3v) is 4.89. The predicted molar refractivity (Wildman–Crippen MR) is 93.2 cm³/mol. The monoisotopic (exact) mass is 340 g/mol. The predicted octanol–water partition coefficient (Wildman–Crippen LogP) is 3.68. The van der Waals surface area contributed by atoms with Gasteiger partial charge in [-0.25, -0.2) is 4.98 Å². The van der Waals surface area contributed by atoms with E-state index in [1.54, 1.807) is 6.07 Å². The van der Waals surface area contributed by atoms with Gasteiger partial charge in [0.1, 0.15) is 0 Å². The highest BCUT2D eigenvalue weighted by Gasteiger charge is 2.30. The molecule has 3 aromatic rings. The van der Waals surface area contributed by atoms with E-state index in [0.29, 0.717) is 28.4 Å². The number of amides is 1. The number of aryl methyl sites for hydroxylation is 1. The minimum atomic E-state index is -0.109. The average Bonchev–Trinajstić information content (AvgIpc) is 3.01. The van der Waals surface area contributed by atoms with Gasteiger partial charge in [-0.3, -0.25) is 9.78 Å². The molecule has 3 heterocycles. The zero-order valence-corrected chi connectivity index (χ0v) is 14.3. The zero-order valence-electron chi connectivity index (χ0n) is 13.5. The fraction of sp³-hybridized carbons (Fsp3) is 0.278. The highest BCUT2D eigenvalue weighted by Crippen LogP contribution is 2.30. The Morgan fingerprint density at radius 3 is 3.04 bits per heavy atom. The molecule has 1 unspecified atom stereocenters. The van der Waals surface area contributed by atoms with Gasteiger partial charge in [0, 0.05) is 24.9 Å². The fourth-order valence-electron chi connectivity index (χ4n) is 3.29. The van der Waals surface area contributed by atoms with Crippen LogP contribution >= 0.6 is 11.6 Å². The van der Waals surface area contributed by atoms with Gasteiger partial charge in [-0.1, -0.05) is 23.7 Å². The van der Waals surface area contributed by atoms with E-state index >= 15 is 0 Å². The SMILES string of the molecule is Cc1cnc2c(c1)C(C)N(C(=O)c1nc3cccc(Cl)c3[nH]1)CC2. The first-order valence-corrected chi connectivity index (χ1v) is 8.33. The number of benzene rings is 1. The van der Waals surface area contributed by atoms with Gasteiger partial charge in [0.05, 0.1) is 22.1 Å². The molecular formula is C18H17ClN4O. The van der Waals surface area contributed by atoms with Crippen molar-refractivity contribution in [3.63, 3.8) is 0 Å². The molecule has 1 N–H and O–H groups in total. The molecule has 0 aliphatic carbocycles. The van der Waals surface area contributed by atoms with E-state index in [-0.39, 0.29) is 11.9 Å². The second-order valence-corrected chi connectivity index (χ2v) is 6.60. The molecule has 1 aliphatic rings. The van der Waals surface area contributed by atoms with Crippen LogP contribution in [0, 0.1) is 6.92 Å². The summed E-state index contributed by atoms with van der Waals surface area (Å²) in [5.41, 5.74) is 4.69. The number of rotatable bonds is 1. The molecule has 0 spiro atoms. The van der Waals surface area contributed by atoms with Gasteiger partial charge in [0.2, 0.25) is 0 Å². The molecular weight excluding hydrogens is 324 g/mol. The summed E-state index contributed by atoms with van der Waals surface area (Å²) >= 11 is 6.17. The van der Waals surface area contributed by atoms with Gasteiger partial charge < -0.3 is 9.88 Å². The Balaban J connectivity index is 1.70. The summed E-state index contributed by atoms with van der Waals surface area (Å²) in [6, 6.07) is 7.54. The van der Waals surface area contributed by atoms with Gasteiger partial charge in [-0.2, -0.15) is 0 Å². The van der Waals surface area contributed by atoms with Crippen LogP contribution in [0.2, 0.25) is 5.02 Å². The van der Waals surface area contributed by atoms with Crippen LogP contribution in [-0.2, 0) is 6.42 Å². The molecule has 1 aromatic carbocycles. The first kappa shape index (κ1) is 15.1. The molecule has 24 heavy (non-hydrogen) atoms. The Labute approximate surface area is 144 Å². The van der Waals surface area contributed by atoms with Crippen LogP contribution in [0.15, 0.2) is 30.5 Å². The average molecular weight is 341 g/mol. The van der Waals surface area contributed by atoms with Crippen LogP contribution < -0.4 is 0 Å². The quantitative estimate of drug-likeness (QED) is 0.735. The van der Waals surface area contributed by atoms with Crippen LogP contribution in [0.1, 0.15) is 40.4 Å². The Morgan fingerprint density at radius 1 is 1.42 bits per heavy atom. The lowest BCUT2D eigenvalue weighted by atomic mass is 9.97. The highest BCUT2D eigenvalue weighted by atomic mass is 35.5. The summed E-state index contributed by atoms with van der Waals surface area (Å²) in [5.74, 6) is 0.218. The second-order valence-electron chi connectivity index (χ2n) is 6.19. The number of fused-ring (bicyclic) bond motifs is 2. The molecule has 1 atom stereocenters. The maximum Gasteiger partial charge on any atom is 0.290 e. The third kappa shape index (κ3) is 2.36. The van der Waals surface area contributed by atoms with Crippen LogP contribution in [0.4, 0.5) is 0 Å². The number of pyridine rings is 1. The largest absolute Gasteiger partial charge is 0.333 e. The molecule has 0 bridgehead atoms. The molecule has 1 aliphatic heterocycles. The number of para-hydroxylation sites is 1. The molecule has 4 rings (SSSR count). The van der Waals surface area contributed by atoms with Crippen molar-refractivity contribution in [2.24, 2.45) is 0 Å². The van der Waals surface area contributed by atoms with E-state index in [1.807, 2.05) is 37.1 Å². The maximum absolute atomic E-state index is 13.0. The number of halogens is 1. The minimum Gasteiger partial charge on any atom is -0.333 e. The van der Waals surface area contributed by atoms with Gasteiger partial charge in [-0.05, 0) is 37.1 Å². The number of aromatic amines is 1. The van der Waals surface area contributed by atoms with Gasteiger partial charge in [0.25, 0.3) is 5.91 Å². The number of aromatic nitrogens is 3. The van der Waals surface area contributed by atoms with Crippen molar-refractivity contribution in [1.82, 2.24) is 19.9 Å². The van der Waals surface area contributed by atoms with Crippen LogP contribution in [-0.4, -0.2) is 32.3 Å². The topological polar surface area (TPSA) is 61.9 Å². The lowest BCUT2D eigenvalue weighted by molar-refractivity contribution is 0.0664. The molecule has 6 heteroatoms. The standard InChI is InChI=1S/C18H17ClN4O/c1-10-8-12-11(2)23(7-6-14(12)20-9-10)18(24)17-21-15-5-3-4-13(19)16(15)22-17/h3-5,8-9,11H,6-7H2,1-2H3,(H,21,22). The summed E-state index contributed by atoms with van der Waals surface area (Å²) in [7, 11) is 0. The molecule has 0 saturated carbocycles. The van der Waals surface area contributed by atoms with Crippen molar-refractivity contribution >= 4 is 28.5 Å². The normalized spacial score (nSPS) is 17.1. The van der Waals surface area contributed by atoms with Gasteiger partial charge >= 0.3 is 0 Å². The first-order valence-electron chi connectivity index (χ1n) is 7.95. The van der Waals surface area contributed by atoms with E-state index in [0.717, 1.165) is 23.2 Å². The highest BCUT2D eigenvalue weighted by molar-refractivity contribution is 6.35. The Kier molecular flexibility index (Phi) is 3.53. The minimum absolute atomic E-state index is 0.0302. The van der Waals surface area contributed by atoms with E-state index in [4.69, 9.17) is 11.6 Å². The lowest BCUT2D eigenvalue weighted by Gasteiger charge is -2.34. The fourth-order valence-corrected chi connectivity index (χ4v) is 3.51. The molecule has 0 radical (unpaired) electrons. The third-order valence-electron chi connectivity index (χ3n) is 4.58. The Hall–Kier alpha value is -2.40. The van der Waals surface area contributed by atoms with E-state index < -0.39 is 0 Å². The smallest absolute Gasteiger partial charge is 0.290 e. The molecule has 5 nitrogen and oxygen atoms in total. The van der Waals surface area contributed by atoms with E-state index in [2.05, 4.69) is 21.0 Å². The molecule has 0 fully saturated rings. The number of imidazole rings is 1. The number of nitrogens with zero attached hydrogens (tertiary/aromatic N) is 3. The molecule has 2 aromatic heterocycles. The molecule has 1 amide bonds. The van der Waals surface area contributed by atoms with Crippen molar-refractivity contribution in [3.8, 4) is 0 Å². The number of nitrogens with one attached hydrogen (secondary N) is 1. The van der Waals surface area contributed by atoms with Crippen molar-refractivity contribution in [2.45, 2.75) is 26.3 Å². The van der Waals surface area contributed by atoms with Crippen molar-refractivity contribution in [3.05, 3.63) is 58.1 Å². The number of carbonyl (C=O) groups excluding carboxylic acids is 1. The Bertz CT molecular complexity index is 949. The molecule has 122 valence electrons. The van der Waals surface area contributed by atoms with Gasteiger partial charge in [0.15, 0.2) is 5.82 Å². The summed E-state index contributed by atoms with van der Waals surface area (Å²) in [6.45, 7) is 4.68.